The molecule has 0 spiro atoms. The largest absolute Gasteiger partial charge is 0.507 e. The highest BCUT2D eigenvalue weighted by atomic mass is 35.5. The van der Waals surface area contributed by atoms with Crippen LogP contribution >= 0.6 is 11.6 Å². The summed E-state index contributed by atoms with van der Waals surface area (Å²) in [5.41, 5.74) is 3.06. The van der Waals surface area contributed by atoms with Crippen LogP contribution in [-0.4, -0.2) is 28.2 Å². The van der Waals surface area contributed by atoms with E-state index in [4.69, 9.17) is 11.6 Å². The number of Topliss-reactive ketones (excluding diaryl/α,β-unsaturated/α-hetero) is 1. The standard InChI is InChI=1S/C27H23ClFNO3/c1-2-17-3-7-20(8-4-17)25(31)23-24(19-9-13-22(29)14-10-19)30(27(33)26(23)32)16-15-18-5-11-21(28)12-6-18/h3-14,24,31H,2,15-16H2,1H3/b25-23-. The number of halogens is 2. The molecule has 1 unspecified atom stereocenters. The maximum atomic E-state index is 13.6. The summed E-state index contributed by atoms with van der Waals surface area (Å²) in [5, 5.41) is 11.7. The van der Waals surface area contributed by atoms with E-state index in [0.29, 0.717) is 22.6 Å². The first-order chi connectivity index (χ1) is 15.9. The van der Waals surface area contributed by atoms with Crippen molar-refractivity contribution in [2.75, 3.05) is 6.54 Å². The lowest BCUT2D eigenvalue weighted by molar-refractivity contribution is -0.139. The average molecular weight is 464 g/mol. The van der Waals surface area contributed by atoms with Gasteiger partial charge in [0.25, 0.3) is 11.7 Å². The number of amides is 1. The summed E-state index contributed by atoms with van der Waals surface area (Å²) >= 11 is 5.95. The van der Waals surface area contributed by atoms with Gasteiger partial charge in [-0.05, 0) is 53.8 Å². The first kappa shape index (κ1) is 22.7. The predicted molar refractivity (Wildman–Crippen MR) is 126 cm³/mol. The summed E-state index contributed by atoms with van der Waals surface area (Å²) in [6.45, 7) is 2.27. The molecule has 6 heteroatoms. The number of benzene rings is 3. The second-order valence-corrected chi connectivity index (χ2v) is 8.41. The van der Waals surface area contributed by atoms with Crippen LogP contribution in [0.1, 0.15) is 35.2 Å². The van der Waals surface area contributed by atoms with Crippen molar-refractivity contribution in [3.8, 4) is 0 Å². The van der Waals surface area contributed by atoms with Gasteiger partial charge in [-0.15, -0.1) is 0 Å². The Morgan fingerprint density at radius 2 is 1.55 bits per heavy atom. The number of hydrogen-bond donors (Lipinski definition) is 1. The van der Waals surface area contributed by atoms with Crippen molar-refractivity contribution in [3.63, 3.8) is 0 Å². The first-order valence-electron chi connectivity index (χ1n) is 10.8. The lowest BCUT2D eigenvalue weighted by atomic mass is 9.94. The summed E-state index contributed by atoms with van der Waals surface area (Å²) < 4.78 is 13.6. The number of ketones is 1. The summed E-state index contributed by atoms with van der Waals surface area (Å²) in [6.07, 6.45) is 1.33. The summed E-state index contributed by atoms with van der Waals surface area (Å²) in [5.74, 6) is -2.10. The minimum Gasteiger partial charge on any atom is -0.507 e. The van der Waals surface area contributed by atoms with E-state index in [9.17, 15) is 19.1 Å². The van der Waals surface area contributed by atoms with Crippen LogP contribution in [-0.2, 0) is 22.4 Å². The van der Waals surface area contributed by atoms with E-state index in [2.05, 4.69) is 0 Å². The third kappa shape index (κ3) is 4.69. The highest BCUT2D eigenvalue weighted by molar-refractivity contribution is 6.46. The van der Waals surface area contributed by atoms with Crippen molar-refractivity contribution < 1.29 is 19.1 Å². The van der Waals surface area contributed by atoms with E-state index in [-0.39, 0.29) is 17.9 Å². The van der Waals surface area contributed by atoms with Crippen molar-refractivity contribution in [3.05, 3.63) is 111 Å². The Balaban J connectivity index is 1.75. The van der Waals surface area contributed by atoms with Gasteiger partial charge in [0, 0.05) is 17.1 Å². The lowest BCUT2D eigenvalue weighted by Crippen LogP contribution is -2.31. The molecule has 0 aromatic heterocycles. The van der Waals surface area contributed by atoms with Gasteiger partial charge in [-0.3, -0.25) is 9.59 Å². The number of likely N-dealkylation sites (tertiary alicyclic amines) is 1. The fraction of sp³-hybridized carbons (Fsp3) is 0.185. The monoisotopic (exact) mass is 463 g/mol. The molecule has 168 valence electrons. The molecular formula is C27H23ClFNO3. The molecule has 3 aromatic carbocycles. The van der Waals surface area contributed by atoms with Gasteiger partial charge in [-0.2, -0.15) is 0 Å². The van der Waals surface area contributed by atoms with Crippen molar-refractivity contribution in [1.82, 2.24) is 4.90 Å². The SMILES string of the molecule is CCc1ccc(/C(O)=C2/C(=O)C(=O)N(CCc3ccc(Cl)cc3)C2c2ccc(F)cc2)cc1. The van der Waals surface area contributed by atoms with Crippen LogP contribution in [0.4, 0.5) is 4.39 Å². The highest BCUT2D eigenvalue weighted by Crippen LogP contribution is 2.39. The zero-order chi connectivity index (χ0) is 23.5. The van der Waals surface area contributed by atoms with Crippen LogP contribution in [0.5, 0.6) is 0 Å². The van der Waals surface area contributed by atoms with Gasteiger partial charge in [0.05, 0.1) is 11.6 Å². The topological polar surface area (TPSA) is 57.6 Å². The first-order valence-corrected chi connectivity index (χ1v) is 11.1. The number of rotatable bonds is 6. The van der Waals surface area contributed by atoms with Gasteiger partial charge in [-0.1, -0.05) is 67.1 Å². The molecule has 1 N–H and O–H groups in total. The maximum absolute atomic E-state index is 13.6. The fourth-order valence-electron chi connectivity index (χ4n) is 4.06. The predicted octanol–water partition coefficient (Wildman–Crippen LogP) is 5.71. The van der Waals surface area contributed by atoms with Crippen LogP contribution in [0.25, 0.3) is 5.76 Å². The van der Waals surface area contributed by atoms with Crippen molar-refractivity contribution in [2.45, 2.75) is 25.8 Å². The summed E-state index contributed by atoms with van der Waals surface area (Å²) in [6, 6.07) is 19.3. The quantitative estimate of drug-likeness (QED) is 0.289. The molecule has 1 atom stereocenters. The molecule has 1 amide bonds. The molecule has 1 aliphatic rings. The van der Waals surface area contributed by atoms with Gasteiger partial charge < -0.3 is 10.0 Å². The van der Waals surface area contributed by atoms with Crippen molar-refractivity contribution in [2.24, 2.45) is 0 Å². The smallest absolute Gasteiger partial charge is 0.295 e. The van der Waals surface area contributed by atoms with Crippen molar-refractivity contribution >= 4 is 29.1 Å². The molecule has 1 heterocycles. The average Bonchev–Trinajstić information content (AvgIpc) is 3.08. The minimum absolute atomic E-state index is 0.00645. The highest BCUT2D eigenvalue weighted by Gasteiger charge is 2.45. The van der Waals surface area contributed by atoms with E-state index in [1.54, 1.807) is 24.3 Å². The number of aliphatic hydroxyl groups excluding tert-OH is 1. The molecule has 3 aromatic rings. The maximum Gasteiger partial charge on any atom is 0.295 e. The molecule has 1 saturated heterocycles. The number of carbonyl (C=O) groups excluding carboxylic acids is 2. The van der Waals surface area contributed by atoms with Gasteiger partial charge in [-0.25, -0.2) is 4.39 Å². The van der Waals surface area contributed by atoms with Crippen LogP contribution in [0, 0.1) is 5.82 Å². The zero-order valence-electron chi connectivity index (χ0n) is 18.1. The second kappa shape index (κ2) is 9.59. The molecule has 0 aliphatic carbocycles. The van der Waals surface area contributed by atoms with Gasteiger partial charge in [0.2, 0.25) is 0 Å². The molecular weight excluding hydrogens is 441 g/mol. The minimum atomic E-state index is -0.816. The summed E-state index contributed by atoms with van der Waals surface area (Å²) in [4.78, 5) is 27.5. The molecule has 4 nitrogen and oxygen atoms in total. The Morgan fingerprint density at radius 1 is 0.939 bits per heavy atom. The number of aliphatic hydroxyl groups is 1. The van der Waals surface area contributed by atoms with Gasteiger partial charge in [0.15, 0.2) is 0 Å². The van der Waals surface area contributed by atoms with Crippen LogP contribution in [0.15, 0.2) is 78.4 Å². The lowest BCUT2D eigenvalue weighted by Gasteiger charge is -2.25. The van der Waals surface area contributed by atoms with E-state index >= 15 is 0 Å². The van der Waals surface area contributed by atoms with Crippen LogP contribution < -0.4 is 0 Å². The van der Waals surface area contributed by atoms with E-state index in [1.165, 1.54) is 29.2 Å². The van der Waals surface area contributed by atoms with Gasteiger partial charge in [0.1, 0.15) is 11.6 Å². The molecule has 1 aliphatic heterocycles. The Labute approximate surface area is 196 Å². The van der Waals surface area contributed by atoms with E-state index in [1.807, 2.05) is 31.2 Å². The van der Waals surface area contributed by atoms with E-state index < -0.39 is 23.5 Å². The molecule has 4 rings (SSSR count). The third-order valence-corrected chi connectivity index (χ3v) is 6.17. The number of aryl methyl sites for hydroxylation is 1. The molecule has 0 saturated carbocycles. The Kier molecular flexibility index (Phi) is 6.61. The Morgan fingerprint density at radius 3 is 2.15 bits per heavy atom. The summed E-state index contributed by atoms with van der Waals surface area (Å²) in [7, 11) is 0. The zero-order valence-corrected chi connectivity index (χ0v) is 18.8. The number of nitrogens with zero attached hydrogens (tertiary/aromatic N) is 1. The normalized spacial score (nSPS) is 17.5. The Hall–Kier alpha value is -3.44. The Bertz CT molecular complexity index is 1200. The van der Waals surface area contributed by atoms with Gasteiger partial charge >= 0.3 is 0 Å². The molecule has 0 bridgehead atoms. The number of carbonyl (C=O) groups is 2. The van der Waals surface area contributed by atoms with Crippen LogP contribution in [0.2, 0.25) is 5.02 Å². The van der Waals surface area contributed by atoms with E-state index in [0.717, 1.165) is 17.5 Å². The fourth-order valence-corrected chi connectivity index (χ4v) is 4.18. The van der Waals surface area contributed by atoms with Crippen LogP contribution in [0.3, 0.4) is 0 Å². The van der Waals surface area contributed by atoms with Crippen molar-refractivity contribution in [1.29, 1.82) is 0 Å². The second-order valence-electron chi connectivity index (χ2n) is 7.97. The third-order valence-electron chi connectivity index (χ3n) is 5.92. The molecule has 33 heavy (non-hydrogen) atoms. The molecule has 0 radical (unpaired) electrons. The number of hydrogen-bond acceptors (Lipinski definition) is 3. The molecule has 1 fully saturated rings.